The summed E-state index contributed by atoms with van der Waals surface area (Å²) in [6.45, 7) is 11.1. The molecular weight excluding hydrogens is 366 g/mol. The number of nitrogens with one attached hydrogen (secondary N) is 1. The van der Waals surface area contributed by atoms with Crippen LogP contribution >= 0.6 is 0 Å². The normalized spacial score (nSPS) is 16.4. The quantitative estimate of drug-likeness (QED) is 0.794. The Hall–Kier alpha value is -1.64. The molecule has 1 aliphatic heterocycles. The maximum absolute atomic E-state index is 12.2. The molecule has 0 aliphatic carbocycles. The van der Waals surface area contributed by atoms with Crippen LogP contribution < -0.4 is 4.72 Å². The van der Waals surface area contributed by atoms with Crippen molar-refractivity contribution >= 4 is 16.1 Å². The average molecular weight is 398 g/mol. The van der Waals surface area contributed by atoms with Crippen molar-refractivity contribution in [2.45, 2.75) is 39.0 Å². The zero-order chi connectivity index (χ0) is 20.1. The topological polar surface area (TPSA) is 79.0 Å². The van der Waals surface area contributed by atoms with Crippen LogP contribution in [0.4, 0.5) is 4.79 Å². The molecule has 1 aliphatic rings. The summed E-state index contributed by atoms with van der Waals surface area (Å²) in [6.07, 6.45) is -0.291. The molecule has 0 spiro atoms. The van der Waals surface area contributed by atoms with E-state index in [-0.39, 0.29) is 11.8 Å². The van der Waals surface area contributed by atoms with E-state index in [2.05, 4.69) is 9.62 Å². The molecule has 1 heterocycles. The number of benzene rings is 1. The molecule has 8 heteroatoms. The highest BCUT2D eigenvalue weighted by Gasteiger charge is 2.25. The molecule has 1 aromatic carbocycles. The van der Waals surface area contributed by atoms with Crippen molar-refractivity contribution in [2.24, 2.45) is 0 Å². The number of ether oxygens (including phenoxy) is 1. The molecule has 0 atom stereocenters. The summed E-state index contributed by atoms with van der Waals surface area (Å²) >= 11 is 0. The third-order valence-corrected chi connectivity index (χ3v) is 5.61. The van der Waals surface area contributed by atoms with Gasteiger partial charge in [-0.1, -0.05) is 29.8 Å². The van der Waals surface area contributed by atoms with E-state index < -0.39 is 15.6 Å². The number of hydrogen-bond acceptors (Lipinski definition) is 5. The van der Waals surface area contributed by atoms with Gasteiger partial charge in [-0.2, -0.15) is 0 Å². The van der Waals surface area contributed by atoms with Crippen LogP contribution in [0.25, 0.3) is 0 Å². The molecule has 0 bridgehead atoms. The second-order valence-corrected chi connectivity index (χ2v) is 9.75. The Morgan fingerprint density at radius 3 is 2.26 bits per heavy atom. The lowest BCUT2D eigenvalue weighted by atomic mass is 10.2. The van der Waals surface area contributed by atoms with Crippen molar-refractivity contribution in [3.8, 4) is 0 Å². The Morgan fingerprint density at radius 2 is 1.70 bits per heavy atom. The Kier molecular flexibility index (Phi) is 7.25. The van der Waals surface area contributed by atoms with Gasteiger partial charge >= 0.3 is 6.09 Å². The SMILES string of the molecule is Cc1ccc(CS(=O)(=O)NCCN2CCN(C(=O)OC(C)(C)C)CC2)cc1. The molecule has 152 valence electrons. The van der Waals surface area contributed by atoms with E-state index in [9.17, 15) is 13.2 Å². The van der Waals surface area contributed by atoms with Gasteiger partial charge in [-0.25, -0.2) is 17.9 Å². The molecule has 7 nitrogen and oxygen atoms in total. The molecule has 2 rings (SSSR count). The molecule has 0 radical (unpaired) electrons. The van der Waals surface area contributed by atoms with Gasteiger partial charge in [0.1, 0.15) is 5.60 Å². The number of carbonyl (C=O) groups excluding carboxylic acids is 1. The van der Waals surface area contributed by atoms with Crippen molar-refractivity contribution < 1.29 is 17.9 Å². The number of carbonyl (C=O) groups is 1. The summed E-state index contributed by atoms with van der Waals surface area (Å²) in [4.78, 5) is 15.9. The van der Waals surface area contributed by atoms with E-state index >= 15 is 0 Å². The molecule has 1 fully saturated rings. The second-order valence-electron chi connectivity index (χ2n) is 7.95. The van der Waals surface area contributed by atoms with Gasteiger partial charge in [0.25, 0.3) is 0 Å². The lowest BCUT2D eigenvalue weighted by molar-refractivity contribution is 0.0147. The average Bonchev–Trinajstić information content (AvgIpc) is 2.55. The number of piperazine rings is 1. The van der Waals surface area contributed by atoms with Gasteiger partial charge in [-0.05, 0) is 33.3 Å². The van der Waals surface area contributed by atoms with E-state index in [4.69, 9.17) is 4.74 Å². The van der Waals surface area contributed by atoms with Crippen molar-refractivity contribution in [1.82, 2.24) is 14.5 Å². The van der Waals surface area contributed by atoms with Crippen molar-refractivity contribution in [3.05, 3.63) is 35.4 Å². The van der Waals surface area contributed by atoms with Crippen LogP contribution in [0.15, 0.2) is 24.3 Å². The molecule has 27 heavy (non-hydrogen) atoms. The van der Waals surface area contributed by atoms with E-state index in [1.54, 1.807) is 4.90 Å². The smallest absolute Gasteiger partial charge is 0.410 e. The Morgan fingerprint density at radius 1 is 1.11 bits per heavy atom. The molecule has 1 amide bonds. The first-order valence-electron chi connectivity index (χ1n) is 9.27. The third-order valence-electron chi connectivity index (χ3n) is 4.25. The number of nitrogens with zero attached hydrogens (tertiary/aromatic N) is 2. The predicted octanol–water partition coefficient (Wildman–Crippen LogP) is 1.97. The molecule has 0 aromatic heterocycles. The number of aryl methyl sites for hydroxylation is 1. The van der Waals surface area contributed by atoms with Gasteiger partial charge in [-0.3, -0.25) is 4.90 Å². The first-order valence-corrected chi connectivity index (χ1v) is 10.9. The number of hydrogen-bond donors (Lipinski definition) is 1. The largest absolute Gasteiger partial charge is 0.444 e. The summed E-state index contributed by atoms with van der Waals surface area (Å²) in [7, 11) is -3.35. The van der Waals surface area contributed by atoms with Gasteiger partial charge in [0.15, 0.2) is 0 Å². The highest BCUT2D eigenvalue weighted by Crippen LogP contribution is 2.12. The molecule has 0 unspecified atom stereocenters. The van der Waals surface area contributed by atoms with E-state index in [0.717, 1.165) is 11.1 Å². The Balaban J connectivity index is 1.70. The van der Waals surface area contributed by atoms with Gasteiger partial charge in [0.2, 0.25) is 10.0 Å². The van der Waals surface area contributed by atoms with Crippen LogP contribution in [0.2, 0.25) is 0 Å². The Bertz CT molecular complexity index is 718. The minimum atomic E-state index is -3.35. The monoisotopic (exact) mass is 397 g/mol. The maximum Gasteiger partial charge on any atom is 0.410 e. The Labute approximate surface area is 162 Å². The summed E-state index contributed by atoms with van der Waals surface area (Å²) in [5, 5.41) is 0. The molecule has 1 aromatic rings. The summed E-state index contributed by atoms with van der Waals surface area (Å²) < 4.78 is 32.4. The maximum atomic E-state index is 12.2. The van der Waals surface area contributed by atoms with E-state index in [1.165, 1.54) is 0 Å². The second kappa shape index (κ2) is 9.03. The lowest BCUT2D eigenvalue weighted by Gasteiger charge is -2.35. The van der Waals surface area contributed by atoms with Crippen molar-refractivity contribution in [2.75, 3.05) is 39.3 Å². The summed E-state index contributed by atoms with van der Waals surface area (Å²) in [6, 6.07) is 7.50. The standard InChI is InChI=1S/C19H31N3O4S/c1-16-5-7-17(8-6-16)15-27(24,25)20-9-10-21-11-13-22(14-12-21)18(23)26-19(2,3)4/h5-8,20H,9-15H2,1-4H3. The number of rotatable bonds is 6. The molecular formula is C19H31N3O4S. The van der Waals surface area contributed by atoms with Gasteiger partial charge < -0.3 is 9.64 Å². The highest BCUT2D eigenvalue weighted by molar-refractivity contribution is 7.88. The van der Waals surface area contributed by atoms with Crippen LogP contribution in [0, 0.1) is 6.92 Å². The first kappa shape index (κ1) is 21.7. The molecule has 0 saturated carbocycles. The predicted molar refractivity (Wildman–Crippen MR) is 106 cm³/mol. The fourth-order valence-electron chi connectivity index (χ4n) is 2.79. The fraction of sp³-hybridized carbons (Fsp3) is 0.632. The van der Waals surface area contributed by atoms with Crippen LogP contribution in [-0.4, -0.2) is 69.2 Å². The number of sulfonamides is 1. The third kappa shape index (κ3) is 7.86. The van der Waals surface area contributed by atoms with Crippen molar-refractivity contribution in [3.63, 3.8) is 0 Å². The van der Waals surface area contributed by atoms with Gasteiger partial charge in [0.05, 0.1) is 5.75 Å². The van der Waals surface area contributed by atoms with Crippen LogP contribution in [0.1, 0.15) is 31.9 Å². The van der Waals surface area contributed by atoms with Gasteiger partial charge in [-0.15, -0.1) is 0 Å². The lowest BCUT2D eigenvalue weighted by Crippen LogP contribution is -2.51. The number of amides is 1. The zero-order valence-electron chi connectivity index (χ0n) is 16.7. The highest BCUT2D eigenvalue weighted by atomic mass is 32.2. The fourth-order valence-corrected chi connectivity index (χ4v) is 3.93. The van der Waals surface area contributed by atoms with Crippen LogP contribution in [0.3, 0.4) is 0 Å². The molecule has 1 saturated heterocycles. The zero-order valence-corrected chi connectivity index (χ0v) is 17.5. The van der Waals surface area contributed by atoms with Crippen LogP contribution in [-0.2, 0) is 20.5 Å². The minimum absolute atomic E-state index is 0.0142. The first-order chi connectivity index (χ1) is 12.5. The van der Waals surface area contributed by atoms with Gasteiger partial charge in [0, 0.05) is 39.3 Å². The van der Waals surface area contributed by atoms with E-state index in [0.29, 0.717) is 39.3 Å². The van der Waals surface area contributed by atoms with E-state index in [1.807, 2.05) is 52.0 Å². The van der Waals surface area contributed by atoms with Crippen molar-refractivity contribution in [1.29, 1.82) is 0 Å². The van der Waals surface area contributed by atoms with Crippen LogP contribution in [0.5, 0.6) is 0 Å². The minimum Gasteiger partial charge on any atom is -0.444 e. The summed E-state index contributed by atoms with van der Waals surface area (Å²) in [5.41, 5.74) is 1.39. The summed E-state index contributed by atoms with van der Waals surface area (Å²) in [5.74, 6) is -0.0142. The molecule has 1 N–H and O–H groups in total.